The summed E-state index contributed by atoms with van der Waals surface area (Å²) >= 11 is 6.41. The number of fused-ring (bicyclic) bond motifs is 1. The maximum absolute atomic E-state index is 13.3. The fourth-order valence-corrected chi connectivity index (χ4v) is 5.60. The van der Waals surface area contributed by atoms with E-state index in [0.717, 1.165) is 5.39 Å². The predicted molar refractivity (Wildman–Crippen MR) is 167 cm³/mol. The minimum Gasteiger partial charge on any atom is -0.493 e. The van der Waals surface area contributed by atoms with Crippen LogP contribution in [0.2, 0.25) is 23.2 Å². The summed E-state index contributed by atoms with van der Waals surface area (Å²) < 4.78 is 30.4. The summed E-state index contributed by atoms with van der Waals surface area (Å²) in [6, 6.07) is 6.59. The molecular weight excluding hydrogens is 576 g/mol. The van der Waals surface area contributed by atoms with Crippen molar-refractivity contribution in [1.29, 1.82) is 0 Å². The lowest BCUT2D eigenvalue weighted by molar-refractivity contribution is 0.0216. The Bertz CT molecular complexity index is 1390. The quantitative estimate of drug-likeness (QED) is 0.105. The summed E-state index contributed by atoms with van der Waals surface area (Å²) in [7, 11) is 2.54. The molecule has 0 amide bonds. The molecule has 1 aromatic heterocycles. The fourth-order valence-electron chi connectivity index (χ4n) is 4.27. The van der Waals surface area contributed by atoms with E-state index < -0.39 is 14.3 Å². The van der Waals surface area contributed by atoms with Crippen LogP contribution >= 0.6 is 11.6 Å². The van der Waals surface area contributed by atoms with Crippen molar-refractivity contribution in [2.75, 3.05) is 27.9 Å². The van der Waals surface area contributed by atoms with E-state index in [4.69, 9.17) is 35.0 Å². The van der Waals surface area contributed by atoms with Gasteiger partial charge in [-0.25, -0.2) is 4.79 Å². The lowest BCUT2D eigenvalue weighted by Crippen LogP contribution is -2.41. The van der Waals surface area contributed by atoms with Crippen LogP contribution in [0.4, 0.5) is 0 Å². The van der Waals surface area contributed by atoms with Crippen molar-refractivity contribution in [2.24, 2.45) is 0 Å². The first kappa shape index (κ1) is 33.4. The molecule has 0 saturated carbocycles. The van der Waals surface area contributed by atoms with Crippen LogP contribution in [0.15, 0.2) is 30.5 Å². The molecule has 3 aromatic rings. The van der Waals surface area contributed by atoms with Gasteiger partial charge in [-0.15, -0.1) is 0 Å². The van der Waals surface area contributed by atoms with Crippen LogP contribution in [0.25, 0.3) is 10.9 Å². The van der Waals surface area contributed by atoms with E-state index in [1.807, 2.05) is 10.9 Å². The molecule has 0 spiro atoms. The Morgan fingerprint density at radius 2 is 1.62 bits per heavy atom. The predicted octanol–water partition coefficient (Wildman–Crippen LogP) is 7.34. The highest BCUT2D eigenvalue weighted by Crippen LogP contribution is 2.39. The minimum atomic E-state index is -1.97. The van der Waals surface area contributed by atoms with Gasteiger partial charge in [-0.2, -0.15) is 5.10 Å². The van der Waals surface area contributed by atoms with Gasteiger partial charge in [0.1, 0.15) is 6.10 Å². The Balaban J connectivity index is 1.76. The molecule has 0 radical (unpaired) electrons. The van der Waals surface area contributed by atoms with Gasteiger partial charge in [-0.3, -0.25) is 9.48 Å². The van der Waals surface area contributed by atoms with Gasteiger partial charge in [0.15, 0.2) is 25.6 Å². The lowest BCUT2D eigenvalue weighted by Gasteiger charge is -2.36. The second kappa shape index (κ2) is 13.9. The molecule has 0 aliphatic heterocycles. The van der Waals surface area contributed by atoms with Gasteiger partial charge < -0.3 is 23.4 Å². The van der Waals surface area contributed by atoms with Crippen molar-refractivity contribution in [3.63, 3.8) is 0 Å². The number of carbonyl (C=O) groups is 2. The summed E-state index contributed by atoms with van der Waals surface area (Å²) in [6.07, 6.45) is 3.33. The number of nitrogens with zero attached hydrogens (tertiary/aromatic N) is 2. The summed E-state index contributed by atoms with van der Waals surface area (Å²) in [5.41, 5.74) is 1.49. The molecule has 2 aromatic carbocycles. The molecule has 1 atom stereocenters. The Kier molecular flexibility index (Phi) is 11.1. The number of ketones is 1. The molecule has 1 unspecified atom stereocenters. The van der Waals surface area contributed by atoms with Crippen molar-refractivity contribution >= 4 is 42.6 Å². The van der Waals surface area contributed by atoms with E-state index in [-0.39, 0.29) is 16.9 Å². The molecule has 1 heterocycles. The zero-order valence-corrected chi connectivity index (χ0v) is 27.9. The first-order chi connectivity index (χ1) is 19.7. The van der Waals surface area contributed by atoms with E-state index in [2.05, 4.69) is 39.0 Å². The first-order valence-corrected chi connectivity index (χ1v) is 17.3. The van der Waals surface area contributed by atoms with Gasteiger partial charge in [-0.05, 0) is 62.2 Å². The third-order valence-electron chi connectivity index (χ3n) is 7.82. The molecular formula is C31H43ClN2O7Si. The number of halogens is 1. The number of aryl methyl sites for hydroxylation is 1. The molecule has 0 aliphatic rings. The Morgan fingerprint density at radius 3 is 2.17 bits per heavy atom. The molecule has 230 valence electrons. The summed E-state index contributed by atoms with van der Waals surface area (Å²) in [5, 5.41) is 5.96. The van der Waals surface area contributed by atoms with Gasteiger partial charge in [-0.1, -0.05) is 32.4 Å². The second-order valence-corrected chi connectivity index (χ2v) is 17.0. The number of aromatic nitrogens is 2. The van der Waals surface area contributed by atoms with E-state index in [1.165, 1.54) is 28.3 Å². The van der Waals surface area contributed by atoms with Gasteiger partial charge >= 0.3 is 5.97 Å². The lowest BCUT2D eigenvalue weighted by atomic mass is 10.1. The summed E-state index contributed by atoms with van der Waals surface area (Å²) in [6.45, 7) is 13.6. The Labute approximate surface area is 254 Å². The van der Waals surface area contributed by atoms with Crippen LogP contribution < -0.4 is 14.2 Å². The maximum atomic E-state index is 13.3. The molecule has 3 rings (SSSR count). The van der Waals surface area contributed by atoms with Crippen LogP contribution in [0, 0.1) is 0 Å². The Morgan fingerprint density at radius 1 is 0.976 bits per heavy atom. The van der Waals surface area contributed by atoms with E-state index in [9.17, 15) is 9.59 Å². The van der Waals surface area contributed by atoms with Crippen molar-refractivity contribution in [3.8, 4) is 17.2 Å². The number of Topliss-reactive ketones (excluding diaryl/α,β-unsaturated/α-hetero) is 1. The average Bonchev–Trinajstić information content (AvgIpc) is 3.34. The fraction of sp³-hybridized carbons (Fsp3) is 0.516. The molecule has 42 heavy (non-hydrogen) atoms. The molecule has 0 N–H and O–H groups in total. The van der Waals surface area contributed by atoms with E-state index in [1.54, 1.807) is 24.3 Å². The number of methoxy groups -OCH3 is 3. The van der Waals surface area contributed by atoms with Crippen LogP contribution in [-0.4, -0.2) is 63.9 Å². The molecule has 9 nitrogen and oxygen atoms in total. The summed E-state index contributed by atoms with van der Waals surface area (Å²) in [5.74, 6) is 0.598. The molecule has 11 heteroatoms. The number of rotatable bonds is 14. The van der Waals surface area contributed by atoms with Crippen molar-refractivity contribution < 1.29 is 33.0 Å². The third kappa shape index (κ3) is 8.05. The zero-order chi connectivity index (χ0) is 31.2. The smallest absolute Gasteiger partial charge is 0.338 e. The van der Waals surface area contributed by atoms with Gasteiger partial charge in [0.25, 0.3) is 0 Å². The van der Waals surface area contributed by atoms with Crippen LogP contribution in [0.5, 0.6) is 17.2 Å². The summed E-state index contributed by atoms with van der Waals surface area (Å²) in [4.78, 5) is 25.1. The number of benzene rings is 2. The number of hydrogen-bond donors (Lipinski definition) is 0. The Hall–Kier alpha value is -3.08. The SMILES string of the molecule is COc1cc(C(=O)OC(CCCn2cc3c(Cl)cc(C(C)=O)cc3n2)CCO[Si](C)(C)C(C)(C)C)cc(OC)c1OC. The highest BCUT2D eigenvalue weighted by Gasteiger charge is 2.37. The van der Waals surface area contributed by atoms with Gasteiger partial charge in [0, 0.05) is 36.7 Å². The number of carbonyl (C=O) groups excluding carboxylic acids is 2. The van der Waals surface area contributed by atoms with E-state index >= 15 is 0 Å². The molecule has 0 bridgehead atoms. The van der Waals surface area contributed by atoms with Crippen molar-refractivity contribution in [3.05, 3.63) is 46.6 Å². The molecule has 0 fully saturated rings. The number of ether oxygens (including phenoxy) is 4. The minimum absolute atomic E-state index is 0.0648. The molecule has 0 aliphatic carbocycles. The highest BCUT2D eigenvalue weighted by molar-refractivity contribution is 6.74. The maximum Gasteiger partial charge on any atom is 0.338 e. The van der Waals surface area contributed by atoms with Gasteiger partial charge in [0.2, 0.25) is 5.75 Å². The van der Waals surface area contributed by atoms with Crippen molar-refractivity contribution in [1.82, 2.24) is 9.78 Å². The van der Waals surface area contributed by atoms with Crippen molar-refractivity contribution in [2.45, 2.75) is 77.7 Å². The number of esters is 1. The molecule has 0 saturated heterocycles. The monoisotopic (exact) mass is 618 g/mol. The number of hydrogen-bond acceptors (Lipinski definition) is 8. The largest absolute Gasteiger partial charge is 0.493 e. The van der Waals surface area contributed by atoms with Crippen LogP contribution in [-0.2, 0) is 15.7 Å². The second-order valence-electron chi connectivity index (χ2n) is 11.8. The van der Waals surface area contributed by atoms with Gasteiger partial charge in [0.05, 0.1) is 37.4 Å². The first-order valence-electron chi connectivity index (χ1n) is 14.0. The average molecular weight is 619 g/mol. The van der Waals surface area contributed by atoms with Crippen LogP contribution in [0.1, 0.15) is 67.7 Å². The normalized spacial score (nSPS) is 12.7. The van der Waals surface area contributed by atoms with E-state index in [0.29, 0.717) is 71.3 Å². The zero-order valence-electron chi connectivity index (χ0n) is 26.1. The van der Waals surface area contributed by atoms with Crippen LogP contribution in [0.3, 0.4) is 0 Å². The topological polar surface area (TPSA) is 98.1 Å². The standard InChI is InChI=1S/C31H43ClN2O7Si/c1-20(35)21-15-25(32)24-19-34(33-26(24)16-21)13-10-11-23(12-14-40-42(8,9)31(2,3)4)41-30(36)22-17-27(37-5)29(39-7)28(18-22)38-6/h15-19,23H,10-14H2,1-9H3. The highest BCUT2D eigenvalue weighted by atomic mass is 35.5. The third-order valence-corrected chi connectivity index (χ3v) is 12.7.